The number of benzene rings is 3. The van der Waals surface area contributed by atoms with Gasteiger partial charge < -0.3 is 28.6 Å². The molecule has 0 unspecified atom stereocenters. The lowest BCUT2D eigenvalue weighted by Gasteiger charge is -2.13. The molecule has 0 bridgehead atoms. The zero-order valence-corrected chi connectivity index (χ0v) is 24.7. The first-order valence-corrected chi connectivity index (χ1v) is 14.0. The first kappa shape index (κ1) is 29.8. The molecule has 3 aromatic carbocycles. The van der Waals surface area contributed by atoms with Crippen molar-refractivity contribution < 1.29 is 28.8 Å². The van der Waals surface area contributed by atoms with Crippen LogP contribution in [0.5, 0.6) is 23.0 Å². The fraction of sp³-hybridized carbons (Fsp3) is 0.233. The highest BCUT2D eigenvalue weighted by molar-refractivity contribution is 8.04. The van der Waals surface area contributed by atoms with Crippen molar-refractivity contribution in [3.8, 4) is 34.4 Å². The molecule has 0 saturated carbocycles. The molecule has 0 radical (unpaired) electrons. The molecule has 0 saturated heterocycles. The summed E-state index contributed by atoms with van der Waals surface area (Å²) in [5.41, 5.74) is 2.33. The summed E-state index contributed by atoms with van der Waals surface area (Å²) in [4.78, 5) is 12.3. The van der Waals surface area contributed by atoms with Crippen LogP contribution in [0.25, 0.3) is 17.5 Å². The Morgan fingerprint density at radius 1 is 0.951 bits per heavy atom. The van der Waals surface area contributed by atoms with E-state index in [9.17, 15) is 9.90 Å². The van der Waals surface area contributed by atoms with Gasteiger partial charge in [0, 0.05) is 23.2 Å². The summed E-state index contributed by atoms with van der Waals surface area (Å²) < 4.78 is 24.4. The number of aliphatic carboxylic acids is 1. The Kier molecular flexibility index (Phi) is 10.2. The summed E-state index contributed by atoms with van der Waals surface area (Å²) in [6, 6.07) is 18.1. The molecular weight excluding hydrogens is 566 g/mol. The van der Waals surface area contributed by atoms with Crippen LogP contribution >= 0.6 is 23.4 Å². The highest BCUT2D eigenvalue weighted by Crippen LogP contribution is 2.35. The normalized spacial score (nSPS) is 11.3. The summed E-state index contributed by atoms with van der Waals surface area (Å²) in [6.07, 6.45) is 1.57. The fourth-order valence-electron chi connectivity index (χ4n) is 3.93. The Morgan fingerprint density at radius 3 is 2.27 bits per heavy atom. The molecule has 0 fully saturated rings. The van der Waals surface area contributed by atoms with Crippen molar-refractivity contribution in [3.63, 3.8) is 0 Å². The van der Waals surface area contributed by atoms with E-state index in [1.54, 1.807) is 56.7 Å². The molecule has 0 spiro atoms. The molecule has 1 N–H and O–H groups in total. The monoisotopic (exact) mass is 595 g/mol. The van der Waals surface area contributed by atoms with Crippen LogP contribution in [-0.2, 0) is 17.9 Å². The predicted molar refractivity (Wildman–Crippen MR) is 159 cm³/mol. The minimum Gasteiger partial charge on any atom is -0.497 e. The molecule has 9 nitrogen and oxygen atoms in total. The van der Waals surface area contributed by atoms with Gasteiger partial charge in [-0.2, -0.15) is 0 Å². The van der Waals surface area contributed by atoms with Gasteiger partial charge in [0.05, 0.1) is 20.8 Å². The lowest BCUT2D eigenvalue weighted by molar-refractivity contribution is -0.131. The van der Waals surface area contributed by atoms with Crippen LogP contribution < -0.4 is 18.9 Å². The van der Waals surface area contributed by atoms with Gasteiger partial charge >= 0.3 is 5.97 Å². The molecular formula is C30H30ClN3O6S. The maximum absolute atomic E-state index is 12.3. The highest BCUT2D eigenvalue weighted by Gasteiger charge is 2.20. The van der Waals surface area contributed by atoms with Crippen molar-refractivity contribution in [2.75, 3.05) is 20.8 Å². The van der Waals surface area contributed by atoms with Gasteiger partial charge in [0.15, 0.2) is 22.5 Å². The van der Waals surface area contributed by atoms with E-state index in [1.165, 1.54) is 0 Å². The standard InChI is InChI=1S/C30H30ClN3O6S/c1-5-34-28(21-15-23(37-3)17-24(16-21)38-4)32-33-30(34)41-27(29(35)36)14-20-9-12-25(26(13-20)39-6-2)40-18-19-7-10-22(31)11-8-19/h7-17H,5-6,18H2,1-4H3,(H,35,36)/b27-14-. The fourth-order valence-corrected chi connectivity index (χ4v) is 4.94. The SMILES string of the molecule is CCOc1cc(/C=C(\Sc2nnc(-c3cc(OC)cc(OC)c3)n2CC)C(=O)O)ccc1OCc1ccc(Cl)cc1. The molecule has 0 aliphatic rings. The molecule has 0 amide bonds. The molecule has 214 valence electrons. The molecule has 41 heavy (non-hydrogen) atoms. The number of ether oxygens (including phenoxy) is 4. The molecule has 4 aromatic rings. The van der Waals surface area contributed by atoms with Crippen molar-refractivity contribution in [1.29, 1.82) is 0 Å². The molecule has 11 heteroatoms. The number of rotatable bonds is 13. The van der Waals surface area contributed by atoms with Gasteiger partial charge in [-0.15, -0.1) is 10.2 Å². The molecule has 0 aliphatic carbocycles. The van der Waals surface area contributed by atoms with Gasteiger partial charge in [0.2, 0.25) is 0 Å². The Labute approximate surface area is 247 Å². The average molecular weight is 596 g/mol. The van der Waals surface area contributed by atoms with Crippen LogP contribution in [0.2, 0.25) is 5.02 Å². The van der Waals surface area contributed by atoms with Crippen LogP contribution in [0.3, 0.4) is 0 Å². The van der Waals surface area contributed by atoms with Crippen LogP contribution in [0.1, 0.15) is 25.0 Å². The van der Waals surface area contributed by atoms with E-state index in [1.807, 2.05) is 42.7 Å². The first-order valence-electron chi connectivity index (χ1n) is 12.8. The number of halogens is 1. The van der Waals surface area contributed by atoms with E-state index in [2.05, 4.69) is 10.2 Å². The Bertz CT molecular complexity index is 1520. The largest absolute Gasteiger partial charge is 0.497 e. The predicted octanol–water partition coefficient (Wildman–Crippen LogP) is 6.83. The molecule has 1 aromatic heterocycles. The maximum Gasteiger partial charge on any atom is 0.342 e. The molecule has 1 heterocycles. The Balaban J connectivity index is 1.60. The number of thioether (sulfide) groups is 1. The van der Waals surface area contributed by atoms with Gasteiger partial charge in [0.1, 0.15) is 23.0 Å². The zero-order chi connectivity index (χ0) is 29.4. The van der Waals surface area contributed by atoms with E-state index in [4.69, 9.17) is 30.5 Å². The lowest BCUT2D eigenvalue weighted by atomic mass is 10.2. The number of carboxylic acids is 1. The second-order valence-corrected chi connectivity index (χ2v) is 10.1. The van der Waals surface area contributed by atoms with E-state index in [0.29, 0.717) is 64.3 Å². The van der Waals surface area contributed by atoms with Crippen molar-refractivity contribution in [2.24, 2.45) is 0 Å². The first-order chi connectivity index (χ1) is 19.8. The molecule has 4 rings (SSSR count). The topological polar surface area (TPSA) is 105 Å². The maximum atomic E-state index is 12.3. The van der Waals surface area contributed by atoms with Gasteiger partial charge in [-0.1, -0.05) is 29.8 Å². The van der Waals surface area contributed by atoms with Crippen LogP contribution in [0.4, 0.5) is 0 Å². The Morgan fingerprint density at radius 2 is 1.66 bits per heavy atom. The number of carboxylic acid groups (broad SMARTS) is 1. The van der Waals surface area contributed by atoms with Gasteiger partial charge in [0.25, 0.3) is 0 Å². The van der Waals surface area contributed by atoms with E-state index >= 15 is 0 Å². The number of aromatic nitrogens is 3. The quantitative estimate of drug-likeness (QED) is 0.131. The highest BCUT2D eigenvalue weighted by atomic mass is 35.5. The van der Waals surface area contributed by atoms with Crippen LogP contribution in [0, 0.1) is 0 Å². The van der Waals surface area contributed by atoms with Gasteiger partial charge in [-0.25, -0.2) is 4.79 Å². The summed E-state index contributed by atoms with van der Waals surface area (Å²) in [6.45, 7) is 5.08. The summed E-state index contributed by atoms with van der Waals surface area (Å²) in [5, 5.41) is 19.8. The minimum absolute atomic E-state index is 0.0687. The second-order valence-electron chi connectivity index (χ2n) is 8.62. The average Bonchev–Trinajstić information content (AvgIpc) is 3.39. The smallest absolute Gasteiger partial charge is 0.342 e. The van der Waals surface area contributed by atoms with Crippen molar-refractivity contribution in [1.82, 2.24) is 14.8 Å². The van der Waals surface area contributed by atoms with Gasteiger partial charge in [-0.05, 0) is 79.2 Å². The van der Waals surface area contributed by atoms with Crippen LogP contribution in [-0.4, -0.2) is 46.7 Å². The summed E-state index contributed by atoms with van der Waals surface area (Å²) in [5.74, 6) is 1.75. The van der Waals surface area contributed by atoms with Crippen LogP contribution in [0.15, 0.2) is 70.7 Å². The number of hydrogen-bond donors (Lipinski definition) is 1. The lowest BCUT2D eigenvalue weighted by Crippen LogP contribution is -2.03. The number of carbonyl (C=O) groups is 1. The third kappa shape index (κ3) is 7.53. The van der Waals surface area contributed by atoms with Crippen molar-refractivity contribution in [3.05, 3.63) is 81.7 Å². The third-order valence-electron chi connectivity index (χ3n) is 5.93. The van der Waals surface area contributed by atoms with Crippen molar-refractivity contribution in [2.45, 2.75) is 32.2 Å². The summed E-state index contributed by atoms with van der Waals surface area (Å²) in [7, 11) is 3.15. The number of nitrogens with zero attached hydrogens (tertiary/aromatic N) is 3. The Hall–Kier alpha value is -4.15. The zero-order valence-electron chi connectivity index (χ0n) is 23.1. The molecule has 0 atom stereocenters. The number of methoxy groups -OCH3 is 2. The molecule has 0 aliphatic heterocycles. The van der Waals surface area contributed by atoms with E-state index in [-0.39, 0.29) is 4.91 Å². The summed E-state index contributed by atoms with van der Waals surface area (Å²) >= 11 is 6.98. The van der Waals surface area contributed by atoms with E-state index < -0.39 is 5.97 Å². The third-order valence-corrected chi connectivity index (χ3v) is 7.18. The van der Waals surface area contributed by atoms with E-state index in [0.717, 1.165) is 22.9 Å². The second kappa shape index (κ2) is 14.0. The van der Waals surface area contributed by atoms with Crippen molar-refractivity contribution >= 4 is 35.4 Å². The number of hydrogen-bond acceptors (Lipinski definition) is 8. The van der Waals surface area contributed by atoms with Gasteiger partial charge in [-0.3, -0.25) is 0 Å². The minimum atomic E-state index is -1.09.